The number of anilines is 1. The summed E-state index contributed by atoms with van der Waals surface area (Å²) in [6.45, 7) is 6.67. The molecule has 1 aliphatic heterocycles. The van der Waals surface area contributed by atoms with Gasteiger partial charge in [0.15, 0.2) is 0 Å². The van der Waals surface area contributed by atoms with Gasteiger partial charge in [0.2, 0.25) is 0 Å². The fourth-order valence-electron chi connectivity index (χ4n) is 4.35. The molecule has 36 heavy (non-hydrogen) atoms. The summed E-state index contributed by atoms with van der Waals surface area (Å²) in [4.78, 5) is 28.2. The van der Waals surface area contributed by atoms with E-state index < -0.39 is 17.7 Å². The Morgan fingerprint density at radius 3 is 2.03 bits per heavy atom. The summed E-state index contributed by atoms with van der Waals surface area (Å²) in [5, 5.41) is 11.4. The molecule has 1 atom stereocenters. The van der Waals surface area contributed by atoms with Gasteiger partial charge in [-0.25, -0.2) is 0 Å². The molecule has 0 aliphatic carbocycles. The molecule has 1 heterocycles. The molecular weight excluding hydrogens is 458 g/mol. The maximum absolute atomic E-state index is 13.4. The predicted octanol–water partition coefficient (Wildman–Crippen LogP) is 5.43. The van der Waals surface area contributed by atoms with Gasteiger partial charge in [-0.3, -0.25) is 14.5 Å². The zero-order chi connectivity index (χ0) is 25.8. The van der Waals surface area contributed by atoms with Gasteiger partial charge in [-0.05, 0) is 74.9 Å². The summed E-state index contributed by atoms with van der Waals surface area (Å²) in [5.41, 5.74) is 2.37. The second kappa shape index (κ2) is 10.6. The lowest BCUT2D eigenvalue weighted by Gasteiger charge is -2.26. The third-order valence-electron chi connectivity index (χ3n) is 5.99. The Morgan fingerprint density at radius 1 is 0.889 bits per heavy atom. The minimum Gasteiger partial charge on any atom is -0.507 e. The van der Waals surface area contributed by atoms with Crippen molar-refractivity contribution in [3.8, 4) is 17.2 Å². The third-order valence-corrected chi connectivity index (χ3v) is 5.99. The van der Waals surface area contributed by atoms with Gasteiger partial charge in [0.05, 0.1) is 37.5 Å². The number of hydrogen-bond donors (Lipinski definition) is 1. The van der Waals surface area contributed by atoms with E-state index in [1.54, 1.807) is 60.7 Å². The molecule has 0 radical (unpaired) electrons. The maximum Gasteiger partial charge on any atom is 0.300 e. The lowest BCUT2D eigenvalue weighted by atomic mass is 9.94. The van der Waals surface area contributed by atoms with Crippen molar-refractivity contribution < 1.29 is 28.9 Å². The van der Waals surface area contributed by atoms with E-state index in [-0.39, 0.29) is 11.3 Å². The second-order valence-corrected chi connectivity index (χ2v) is 8.30. The second-order valence-electron chi connectivity index (χ2n) is 8.30. The molecule has 7 heteroatoms. The van der Waals surface area contributed by atoms with Gasteiger partial charge in [-0.1, -0.05) is 23.8 Å². The SMILES string of the molecule is CCOc1ccc(C2/C(=C(\O)c3cc(C)ccc3OC)C(=O)C(=O)N2c2ccc(OCC)cc2)cc1. The van der Waals surface area contributed by atoms with Crippen LogP contribution in [0.2, 0.25) is 0 Å². The molecule has 1 aliphatic rings. The van der Waals surface area contributed by atoms with Crippen LogP contribution in [0.5, 0.6) is 17.2 Å². The van der Waals surface area contributed by atoms with E-state index in [9.17, 15) is 14.7 Å². The molecule has 3 aromatic carbocycles. The Balaban J connectivity index is 1.91. The number of nitrogens with zero attached hydrogens (tertiary/aromatic N) is 1. The highest BCUT2D eigenvalue weighted by Gasteiger charge is 2.47. The highest BCUT2D eigenvalue weighted by atomic mass is 16.5. The fraction of sp³-hybridized carbons (Fsp3) is 0.241. The van der Waals surface area contributed by atoms with Crippen molar-refractivity contribution in [1.82, 2.24) is 0 Å². The van der Waals surface area contributed by atoms with Gasteiger partial charge in [-0.15, -0.1) is 0 Å². The molecule has 186 valence electrons. The van der Waals surface area contributed by atoms with Crippen LogP contribution in [0.15, 0.2) is 72.3 Å². The molecule has 3 aromatic rings. The van der Waals surface area contributed by atoms with Crippen LogP contribution < -0.4 is 19.1 Å². The number of rotatable bonds is 8. The van der Waals surface area contributed by atoms with Crippen molar-refractivity contribution in [3.63, 3.8) is 0 Å². The van der Waals surface area contributed by atoms with Gasteiger partial charge in [0.1, 0.15) is 23.0 Å². The summed E-state index contributed by atoms with van der Waals surface area (Å²) in [5.74, 6) is -0.0772. The number of amides is 1. The van der Waals surface area contributed by atoms with Crippen LogP contribution in [0, 0.1) is 6.92 Å². The monoisotopic (exact) mass is 487 g/mol. The van der Waals surface area contributed by atoms with E-state index in [2.05, 4.69) is 0 Å². The van der Waals surface area contributed by atoms with E-state index in [0.29, 0.717) is 47.3 Å². The zero-order valence-corrected chi connectivity index (χ0v) is 20.8. The molecule has 0 aromatic heterocycles. The summed E-state index contributed by atoms with van der Waals surface area (Å²) in [6.07, 6.45) is 0. The first-order valence-corrected chi connectivity index (χ1v) is 11.8. The molecule has 1 amide bonds. The van der Waals surface area contributed by atoms with E-state index in [1.165, 1.54) is 12.0 Å². The van der Waals surface area contributed by atoms with Gasteiger partial charge < -0.3 is 19.3 Å². The molecule has 0 saturated carbocycles. The Bertz CT molecular complexity index is 1290. The lowest BCUT2D eigenvalue weighted by molar-refractivity contribution is -0.132. The number of aryl methyl sites for hydroxylation is 1. The molecule has 0 spiro atoms. The van der Waals surface area contributed by atoms with Gasteiger partial charge in [0, 0.05) is 5.69 Å². The largest absolute Gasteiger partial charge is 0.507 e. The highest BCUT2D eigenvalue weighted by molar-refractivity contribution is 6.51. The molecule has 1 fully saturated rings. The van der Waals surface area contributed by atoms with E-state index in [1.807, 2.05) is 26.8 Å². The van der Waals surface area contributed by atoms with Crippen LogP contribution in [0.1, 0.15) is 36.6 Å². The number of aliphatic hydroxyl groups is 1. The molecule has 1 saturated heterocycles. The first-order valence-electron chi connectivity index (χ1n) is 11.8. The third kappa shape index (κ3) is 4.64. The van der Waals surface area contributed by atoms with Crippen molar-refractivity contribution in [2.24, 2.45) is 0 Å². The average Bonchev–Trinajstić information content (AvgIpc) is 3.15. The number of carbonyl (C=O) groups excluding carboxylic acids is 2. The number of benzene rings is 3. The maximum atomic E-state index is 13.4. The van der Waals surface area contributed by atoms with Crippen LogP contribution in [0.3, 0.4) is 0 Å². The minimum absolute atomic E-state index is 0.0121. The highest BCUT2D eigenvalue weighted by Crippen LogP contribution is 2.44. The molecular formula is C29H29NO6. The predicted molar refractivity (Wildman–Crippen MR) is 138 cm³/mol. The average molecular weight is 488 g/mol. The number of Topliss-reactive ketones (excluding diaryl/α,β-unsaturated/α-hetero) is 1. The Hall–Kier alpha value is -4.26. The van der Waals surface area contributed by atoms with E-state index >= 15 is 0 Å². The normalized spacial score (nSPS) is 16.8. The Labute approximate surface area is 210 Å². The van der Waals surface area contributed by atoms with Crippen molar-refractivity contribution in [2.75, 3.05) is 25.2 Å². The molecule has 4 rings (SSSR count). The Morgan fingerprint density at radius 2 is 1.47 bits per heavy atom. The summed E-state index contributed by atoms with van der Waals surface area (Å²) >= 11 is 0. The van der Waals surface area contributed by atoms with Crippen LogP contribution >= 0.6 is 0 Å². The minimum atomic E-state index is -0.858. The number of methoxy groups -OCH3 is 1. The van der Waals surface area contributed by atoms with Crippen molar-refractivity contribution in [2.45, 2.75) is 26.8 Å². The summed E-state index contributed by atoms with van der Waals surface area (Å²) < 4.78 is 16.5. The standard InChI is InChI=1S/C29H29NO6/c1-5-35-21-12-8-19(9-13-21)26-25(27(31)23-17-18(3)7-16-24(23)34-4)28(32)29(33)30(26)20-10-14-22(15-11-20)36-6-2/h7-17,26,31H,5-6H2,1-4H3/b27-25+. The molecule has 1 N–H and O–H groups in total. The first kappa shape index (κ1) is 24.9. The number of ether oxygens (including phenoxy) is 3. The van der Waals surface area contributed by atoms with Crippen LogP contribution in [0.25, 0.3) is 5.76 Å². The van der Waals surface area contributed by atoms with Gasteiger partial charge in [0.25, 0.3) is 11.7 Å². The van der Waals surface area contributed by atoms with Gasteiger partial charge >= 0.3 is 0 Å². The van der Waals surface area contributed by atoms with Crippen molar-refractivity contribution in [1.29, 1.82) is 0 Å². The number of hydrogen-bond acceptors (Lipinski definition) is 6. The van der Waals surface area contributed by atoms with Gasteiger partial charge in [-0.2, -0.15) is 0 Å². The topological polar surface area (TPSA) is 85.3 Å². The molecule has 1 unspecified atom stereocenters. The number of aliphatic hydroxyl groups excluding tert-OH is 1. The first-order chi connectivity index (χ1) is 17.4. The summed E-state index contributed by atoms with van der Waals surface area (Å²) in [6, 6.07) is 18.5. The lowest BCUT2D eigenvalue weighted by Crippen LogP contribution is -2.29. The van der Waals surface area contributed by atoms with E-state index in [0.717, 1.165) is 5.56 Å². The molecule has 0 bridgehead atoms. The fourth-order valence-corrected chi connectivity index (χ4v) is 4.35. The quantitative estimate of drug-likeness (QED) is 0.259. The Kier molecular flexibility index (Phi) is 7.29. The zero-order valence-electron chi connectivity index (χ0n) is 20.8. The van der Waals surface area contributed by atoms with Crippen molar-refractivity contribution >= 4 is 23.1 Å². The number of ketones is 1. The van der Waals surface area contributed by atoms with Crippen LogP contribution in [0.4, 0.5) is 5.69 Å². The summed E-state index contributed by atoms with van der Waals surface area (Å²) in [7, 11) is 1.49. The molecule has 7 nitrogen and oxygen atoms in total. The van der Waals surface area contributed by atoms with Crippen molar-refractivity contribution in [3.05, 3.63) is 89.0 Å². The van der Waals surface area contributed by atoms with Crippen LogP contribution in [-0.4, -0.2) is 37.1 Å². The smallest absolute Gasteiger partial charge is 0.300 e. The van der Waals surface area contributed by atoms with Crippen LogP contribution in [-0.2, 0) is 9.59 Å². The van der Waals surface area contributed by atoms with E-state index in [4.69, 9.17) is 14.2 Å². The number of carbonyl (C=O) groups is 2.